The van der Waals surface area contributed by atoms with Crippen molar-refractivity contribution in [3.63, 3.8) is 0 Å². The van der Waals surface area contributed by atoms with E-state index in [1.807, 2.05) is 0 Å². The van der Waals surface area contributed by atoms with E-state index in [1.165, 1.54) is 18.9 Å². The van der Waals surface area contributed by atoms with Crippen LogP contribution in [0.2, 0.25) is 5.02 Å². The number of rotatable bonds is 6. The standard InChI is InChI=1S/C12H15ClN2O3/c1-15(8-2-3-8)6-7-18-10-5-4-9(13)11(14-10)12(16)17/h4-5,8H,2-3,6-7H2,1H3,(H,16,17). The minimum atomic E-state index is -1.15. The molecule has 0 aliphatic heterocycles. The van der Waals surface area contributed by atoms with Crippen LogP contribution in [0.15, 0.2) is 12.1 Å². The minimum absolute atomic E-state index is 0.116. The molecular formula is C12H15ClN2O3. The first kappa shape index (κ1) is 13.1. The van der Waals surface area contributed by atoms with E-state index in [9.17, 15) is 4.79 Å². The van der Waals surface area contributed by atoms with Gasteiger partial charge in [0, 0.05) is 18.7 Å². The highest BCUT2D eigenvalue weighted by atomic mass is 35.5. The highest BCUT2D eigenvalue weighted by Gasteiger charge is 2.25. The second kappa shape index (κ2) is 5.54. The zero-order valence-electron chi connectivity index (χ0n) is 10.1. The van der Waals surface area contributed by atoms with E-state index in [0.29, 0.717) is 18.5 Å². The fourth-order valence-electron chi connectivity index (χ4n) is 1.65. The zero-order valence-corrected chi connectivity index (χ0v) is 10.9. The Bertz CT molecular complexity index is 449. The van der Waals surface area contributed by atoms with Gasteiger partial charge in [-0.2, -0.15) is 0 Å². The van der Waals surface area contributed by atoms with Gasteiger partial charge in [0.15, 0.2) is 5.69 Å². The Labute approximate surface area is 110 Å². The molecule has 1 aliphatic carbocycles. The number of pyridine rings is 1. The monoisotopic (exact) mass is 270 g/mol. The number of nitrogens with zero attached hydrogens (tertiary/aromatic N) is 2. The predicted molar refractivity (Wildman–Crippen MR) is 67.4 cm³/mol. The molecule has 0 unspecified atom stereocenters. The molecule has 98 valence electrons. The van der Waals surface area contributed by atoms with Gasteiger partial charge in [-0.1, -0.05) is 11.6 Å². The number of hydrogen-bond donors (Lipinski definition) is 1. The van der Waals surface area contributed by atoms with E-state index >= 15 is 0 Å². The third kappa shape index (κ3) is 3.34. The van der Waals surface area contributed by atoms with Crippen LogP contribution in [0.5, 0.6) is 5.88 Å². The summed E-state index contributed by atoms with van der Waals surface area (Å²) in [6.45, 7) is 1.29. The second-order valence-corrected chi connectivity index (χ2v) is 4.75. The van der Waals surface area contributed by atoms with E-state index in [4.69, 9.17) is 21.4 Å². The Morgan fingerprint density at radius 2 is 2.33 bits per heavy atom. The van der Waals surface area contributed by atoms with Crippen molar-refractivity contribution in [1.82, 2.24) is 9.88 Å². The molecule has 0 aromatic carbocycles. The van der Waals surface area contributed by atoms with Gasteiger partial charge in [-0.05, 0) is 26.0 Å². The first-order valence-electron chi connectivity index (χ1n) is 5.81. The SMILES string of the molecule is CN(CCOc1ccc(Cl)c(C(=O)O)n1)C1CC1. The van der Waals surface area contributed by atoms with E-state index in [2.05, 4.69) is 16.9 Å². The lowest BCUT2D eigenvalue weighted by Gasteiger charge is -2.15. The highest BCUT2D eigenvalue weighted by Crippen LogP contribution is 2.25. The van der Waals surface area contributed by atoms with Crippen LogP contribution in [0.25, 0.3) is 0 Å². The number of ether oxygens (including phenoxy) is 1. The van der Waals surface area contributed by atoms with Crippen molar-refractivity contribution in [2.75, 3.05) is 20.2 Å². The van der Waals surface area contributed by atoms with Gasteiger partial charge in [0.05, 0.1) is 5.02 Å². The van der Waals surface area contributed by atoms with Crippen molar-refractivity contribution in [2.24, 2.45) is 0 Å². The lowest BCUT2D eigenvalue weighted by atomic mass is 10.3. The average molecular weight is 271 g/mol. The Kier molecular flexibility index (Phi) is 4.04. The predicted octanol–water partition coefficient (Wildman–Crippen LogP) is 1.91. The lowest BCUT2D eigenvalue weighted by molar-refractivity contribution is 0.0689. The number of aromatic carboxylic acids is 1. The first-order chi connectivity index (χ1) is 8.58. The molecule has 2 rings (SSSR count). The molecule has 6 heteroatoms. The van der Waals surface area contributed by atoms with Gasteiger partial charge in [-0.25, -0.2) is 9.78 Å². The summed E-state index contributed by atoms with van der Waals surface area (Å²) in [4.78, 5) is 16.9. The fourth-order valence-corrected chi connectivity index (χ4v) is 1.83. The maximum Gasteiger partial charge on any atom is 0.356 e. The second-order valence-electron chi connectivity index (χ2n) is 4.35. The van der Waals surface area contributed by atoms with Crippen molar-refractivity contribution < 1.29 is 14.6 Å². The van der Waals surface area contributed by atoms with Gasteiger partial charge in [0.25, 0.3) is 0 Å². The van der Waals surface area contributed by atoms with Crippen molar-refractivity contribution in [1.29, 1.82) is 0 Å². The largest absolute Gasteiger partial charge is 0.476 e. The van der Waals surface area contributed by atoms with Crippen LogP contribution in [0, 0.1) is 0 Å². The molecule has 0 bridgehead atoms. The van der Waals surface area contributed by atoms with Crippen LogP contribution in [0.1, 0.15) is 23.3 Å². The third-order valence-electron chi connectivity index (χ3n) is 2.89. The van der Waals surface area contributed by atoms with Crippen LogP contribution in [-0.4, -0.2) is 47.2 Å². The Morgan fingerprint density at radius 3 is 2.94 bits per heavy atom. The molecule has 0 saturated heterocycles. The molecule has 1 aromatic heterocycles. The van der Waals surface area contributed by atoms with Crippen molar-refractivity contribution in [3.05, 3.63) is 22.8 Å². The van der Waals surface area contributed by atoms with Gasteiger partial charge in [-0.15, -0.1) is 0 Å². The molecular weight excluding hydrogens is 256 g/mol. The average Bonchev–Trinajstić information content (AvgIpc) is 3.14. The normalized spacial score (nSPS) is 14.8. The van der Waals surface area contributed by atoms with Crippen LogP contribution >= 0.6 is 11.6 Å². The van der Waals surface area contributed by atoms with Gasteiger partial charge in [0.1, 0.15) is 6.61 Å². The Hall–Kier alpha value is -1.33. The summed E-state index contributed by atoms with van der Waals surface area (Å²) in [6.07, 6.45) is 2.50. The smallest absolute Gasteiger partial charge is 0.356 e. The zero-order chi connectivity index (χ0) is 13.1. The molecule has 18 heavy (non-hydrogen) atoms. The van der Waals surface area contributed by atoms with E-state index in [1.54, 1.807) is 6.07 Å². The summed E-state index contributed by atoms with van der Waals surface area (Å²) >= 11 is 5.72. The summed E-state index contributed by atoms with van der Waals surface area (Å²) in [5.74, 6) is -0.860. The van der Waals surface area contributed by atoms with Gasteiger partial charge in [0.2, 0.25) is 5.88 Å². The van der Waals surface area contributed by atoms with Crippen LogP contribution < -0.4 is 4.74 Å². The van der Waals surface area contributed by atoms with Crippen LogP contribution in [0.3, 0.4) is 0 Å². The number of halogens is 1. The summed E-state index contributed by atoms with van der Waals surface area (Å²) < 4.78 is 5.43. The number of carboxylic acid groups (broad SMARTS) is 1. The fraction of sp³-hybridized carbons (Fsp3) is 0.500. The van der Waals surface area contributed by atoms with Gasteiger partial charge in [-0.3, -0.25) is 0 Å². The number of hydrogen-bond acceptors (Lipinski definition) is 4. The molecule has 5 nitrogen and oxygen atoms in total. The van der Waals surface area contributed by atoms with Crippen molar-refractivity contribution >= 4 is 17.6 Å². The molecule has 0 radical (unpaired) electrons. The number of aromatic nitrogens is 1. The molecule has 1 heterocycles. The summed E-state index contributed by atoms with van der Waals surface area (Å²) in [5, 5.41) is 8.99. The molecule has 0 spiro atoms. The van der Waals surface area contributed by atoms with E-state index in [0.717, 1.165) is 6.54 Å². The summed E-state index contributed by atoms with van der Waals surface area (Å²) in [6, 6.07) is 3.74. The topological polar surface area (TPSA) is 62.7 Å². The highest BCUT2D eigenvalue weighted by molar-refractivity contribution is 6.33. The molecule has 0 amide bonds. The quantitative estimate of drug-likeness (QED) is 0.855. The Balaban J connectivity index is 1.88. The molecule has 1 saturated carbocycles. The van der Waals surface area contributed by atoms with Gasteiger partial charge < -0.3 is 14.7 Å². The third-order valence-corrected chi connectivity index (χ3v) is 3.19. The van der Waals surface area contributed by atoms with E-state index in [-0.39, 0.29) is 10.7 Å². The number of carboxylic acids is 1. The number of likely N-dealkylation sites (N-methyl/N-ethyl adjacent to an activating group) is 1. The molecule has 0 atom stereocenters. The van der Waals surface area contributed by atoms with Crippen LogP contribution in [0.4, 0.5) is 0 Å². The number of carbonyl (C=O) groups is 1. The minimum Gasteiger partial charge on any atom is -0.476 e. The van der Waals surface area contributed by atoms with E-state index < -0.39 is 5.97 Å². The maximum absolute atomic E-state index is 10.8. The summed E-state index contributed by atoms with van der Waals surface area (Å²) in [5.41, 5.74) is -0.176. The first-order valence-corrected chi connectivity index (χ1v) is 6.18. The van der Waals surface area contributed by atoms with Crippen molar-refractivity contribution in [3.8, 4) is 5.88 Å². The molecule has 1 fully saturated rings. The summed E-state index contributed by atoms with van der Waals surface area (Å²) in [7, 11) is 2.05. The maximum atomic E-state index is 10.8. The van der Waals surface area contributed by atoms with Gasteiger partial charge >= 0.3 is 5.97 Å². The van der Waals surface area contributed by atoms with Crippen LogP contribution in [-0.2, 0) is 0 Å². The molecule has 1 N–H and O–H groups in total. The molecule has 1 aromatic rings. The van der Waals surface area contributed by atoms with Crippen molar-refractivity contribution in [2.45, 2.75) is 18.9 Å². The molecule has 1 aliphatic rings. The lowest BCUT2D eigenvalue weighted by Crippen LogP contribution is -2.26. The Morgan fingerprint density at radius 1 is 1.61 bits per heavy atom.